The number of rotatable bonds is 12. The van der Waals surface area contributed by atoms with Crippen molar-refractivity contribution >= 4 is 39.1 Å². The van der Waals surface area contributed by atoms with Crippen molar-refractivity contribution in [3.05, 3.63) is 64.7 Å². The van der Waals surface area contributed by atoms with Crippen LogP contribution in [-0.4, -0.2) is 56.6 Å². The molecule has 0 saturated heterocycles. The Kier molecular flexibility index (Phi) is 10.6. The Morgan fingerprint density at radius 2 is 1.69 bits per heavy atom. The standard InChI is InChI=1S/C26H36ClN3O4S/c1-6-19(3)28-26(32)23(7-2)29(17-16-21-12-9-8-10-13-21)25(31)18-30(35(5,33)34)24-15-11-14-22(27)20(24)4/h8-15,19,23H,6-7,16-18H2,1-5H3,(H,28,32)/t19-,23-/m1/s1. The van der Waals surface area contributed by atoms with Crippen LogP contribution in [0.2, 0.25) is 5.02 Å². The molecule has 0 aliphatic heterocycles. The summed E-state index contributed by atoms with van der Waals surface area (Å²) >= 11 is 6.23. The van der Waals surface area contributed by atoms with E-state index in [1.54, 1.807) is 25.1 Å². The highest BCUT2D eigenvalue weighted by molar-refractivity contribution is 7.92. The molecule has 0 bridgehead atoms. The van der Waals surface area contributed by atoms with E-state index in [1.807, 2.05) is 51.1 Å². The minimum absolute atomic E-state index is 0.0377. The van der Waals surface area contributed by atoms with E-state index in [-0.39, 0.29) is 18.5 Å². The van der Waals surface area contributed by atoms with Crippen LogP contribution in [0.25, 0.3) is 0 Å². The maximum Gasteiger partial charge on any atom is 0.244 e. The van der Waals surface area contributed by atoms with E-state index in [0.29, 0.717) is 29.1 Å². The SMILES string of the molecule is CC[C@@H](C)NC(=O)[C@@H](CC)N(CCc1ccccc1)C(=O)CN(c1cccc(Cl)c1C)S(C)(=O)=O. The molecule has 0 radical (unpaired) electrons. The summed E-state index contributed by atoms with van der Waals surface area (Å²) < 4.78 is 26.5. The maximum absolute atomic E-state index is 13.7. The zero-order valence-corrected chi connectivity index (χ0v) is 22.7. The highest BCUT2D eigenvalue weighted by Gasteiger charge is 2.32. The normalized spacial score (nSPS) is 13.1. The molecule has 0 fully saturated rings. The molecule has 0 aromatic heterocycles. The molecule has 9 heteroatoms. The fourth-order valence-corrected chi connectivity index (χ4v) is 4.87. The molecule has 0 unspecified atom stereocenters. The summed E-state index contributed by atoms with van der Waals surface area (Å²) in [7, 11) is -3.80. The largest absolute Gasteiger partial charge is 0.352 e. The van der Waals surface area contributed by atoms with Crippen LogP contribution in [0.3, 0.4) is 0 Å². The first-order valence-corrected chi connectivity index (χ1v) is 14.1. The lowest BCUT2D eigenvalue weighted by molar-refractivity contribution is -0.139. The van der Waals surface area contributed by atoms with E-state index >= 15 is 0 Å². The Hall–Kier alpha value is -2.58. The Bertz CT molecular complexity index is 1110. The van der Waals surface area contributed by atoms with Gasteiger partial charge in [-0.2, -0.15) is 0 Å². The number of anilines is 1. The monoisotopic (exact) mass is 521 g/mol. The maximum atomic E-state index is 13.7. The number of hydrogen-bond acceptors (Lipinski definition) is 4. The van der Waals surface area contributed by atoms with E-state index in [9.17, 15) is 18.0 Å². The molecule has 35 heavy (non-hydrogen) atoms. The van der Waals surface area contributed by atoms with Gasteiger partial charge in [0.25, 0.3) is 0 Å². The first-order valence-electron chi connectivity index (χ1n) is 11.9. The summed E-state index contributed by atoms with van der Waals surface area (Å²) in [6, 6.07) is 13.8. The van der Waals surface area contributed by atoms with Crippen LogP contribution in [0, 0.1) is 6.92 Å². The molecule has 7 nitrogen and oxygen atoms in total. The number of benzene rings is 2. The molecule has 0 aliphatic carbocycles. The minimum atomic E-state index is -3.80. The van der Waals surface area contributed by atoms with Crippen molar-refractivity contribution in [2.75, 3.05) is 23.7 Å². The molecular weight excluding hydrogens is 486 g/mol. The fraction of sp³-hybridized carbons (Fsp3) is 0.462. The number of carbonyl (C=O) groups is 2. The number of nitrogens with one attached hydrogen (secondary N) is 1. The van der Waals surface area contributed by atoms with Crippen LogP contribution in [0.15, 0.2) is 48.5 Å². The van der Waals surface area contributed by atoms with Gasteiger partial charge in [-0.05, 0) is 56.4 Å². The number of amides is 2. The summed E-state index contributed by atoms with van der Waals surface area (Å²) in [6.45, 7) is 7.29. The second-order valence-electron chi connectivity index (χ2n) is 8.72. The van der Waals surface area contributed by atoms with E-state index in [2.05, 4.69) is 5.32 Å². The smallest absolute Gasteiger partial charge is 0.244 e. The van der Waals surface area contributed by atoms with E-state index in [1.165, 1.54) is 4.90 Å². The minimum Gasteiger partial charge on any atom is -0.352 e. The lowest BCUT2D eigenvalue weighted by atomic mass is 10.1. The van der Waals surface area contributed by atoms with Crippen LogP contribution in [0.4, 0.5) is 5.69 Å². The Morgan fingerprint density at radius 1 is 1.03 bits per heavy atom. The molecule has 0 spiro atoms. The molecule has 0 aliphatic rings. The van der Waals surface area contributed by atoms with Gasteiger partial charge in [-0.3, -0.25) is 13.9 Å². The van der Waals surface area contributed by atoms with Gasteiger partial charge in [0, 0.05) is 17.6 Å². The lowest BCUT2D eigenvalue weighted by Gasteiger charge is -2.33. The summed E-state index contributed by atoms with van der Waals surface area (Å²) in [5.74, 6) is -0.690. The van der Waals surface area contributed by atoms with Crippen LogP contribution in [0.1, 0.15) is 44.7 Å². The zero-order valence-electron chi connectivity index (χ0n) is 21.1. The second-order valence-corrected chi connectivity index (χ2v) is 11.0. The van der Waals surface area contributed by atoms with Crippen LogP contribution < -0.4 is 9.62 Å². The summed E-state index contributed by atoms with van der Waals surface area (Å²) in [5, 5.41) is 3.37. The van der Waals surface area contributed by atoms with E-state index < -0.39 is 28.5 Å². The molecular formula is C26H36ClN3O4S. The van der Waals surface area contributed by atoms with Gasteiger partial charge in [-0.25, -0.2) is 8.42 Å². The molecule has 1 N–H and O–H groups in total. The van der Waals surface area contributed by atoms with Crippen molar-refractivity contribution < 1.29 is 18.0 Å². The number of nitrogens with zero attached hydrogens (tertiary/aromatic N) is 2. The topological polar surface area (TPSA) is 86.8 Å². The van der Waals surface area contributed by atoms with Crippen molar-refractivity contribution in [3.63, 3.8) is 0 Å². The Balaban J connectivity index is 2.40. The molecule has 2 aromatic carbocycles. The van der Waals surface area contributed by atoms with Gasteiger partial charge < -0.3 is 10.2 Å². The van der Waals surface area contributed by atoms with Gasteiger partial charge in [0.2, 0.25) is 21.8 Å². The van der Waals surface area contributed by atoms with Crippen LogP contribution in [-0.2, 0) is 26.0 Å². The molecule has 0 saturated carbocycles. The van der Waals surface area contributed by atoms with Gasteiger partial charge in [0.1, 0.15) is 12.6 Å². The summed E-state index contributed by atoms with van der Waals surface area (Å²) in [4.78, 5) is 28.3. The number of sulfonamides is 1. The average molecular weight is 522 g/mol. The van der Waals surface area contributed by atoms with Crippen molar-refractivity contribution in [2.45, 2.75) is 59.0 Å². The molecule has 0 heterocycles. The molecule has 2 atom stereocenters. The first kappa shape index (κ1) is 28.7. The first-order chi connectivity index (χ1) is 16.5. The van der Waals surface area contributed by atoms with Crippen molar-refractivity contribution in [1.29, 1.82) is 0 Å². The lowest BCUT2D eigenvalue weighted by Crippen LogP contribution is -2.54. The van der Waals surface area contributed by atoms with Crippen molar-refractivity contribution in [2.24, 2.45) is 0 Å². The number of carbonyl (C=O) groups excluding carboxylic acids is 2. The molecule has 2 rings (SSSR count). The van der Waals surface area contributed by atoms with Crippen molar-refractivity contribution in [1.82, 2.24) is 10.2 Å². The summed E-state index contributed by atoms with van der Waals surface area (Å²) in [5.41, 5.74) is 1.92. The van der Waals surface area contributed by atoms with Gasteiger partial charge in [0.15, 0.2) is 0 Å². The predicted molar refractivity (Wildman–Crippen MR) is 142 cm³/mol. The molecule has 2 aromatic rings. The van der Waals surface area contributed by atoms with Gasteiger partial charge in [0.05, 0.1) is 11.9 Å². The molecule has 2 amide bonds. The predicted octanol–water partition coefficient (Wildman–Crippen LogP) is 4.18. The molecule has 192 valence electrons. The Morgan fingerprint density at radius 3 is 2.26 bits per heavy atom. The average Bonchev–Trinajstić information content (AvgIpc) is 2.81. The third-order valence-electron chi connectivity index (χ3n) is 6.06. The van der Waals surface area contributed by atoms with Crippen molar-refractivity contribution in [3.8, 4) is 0 Å². The zero-order chi connectivity index (χ0) is 26.2. The summed E-state index contributed by atoms with van der Waals surface area (Å²) in [6.07, 6.45) is 2.75. The second kappa shape index (κ2) is 12.9. The van der Waals surface area contributed by atoms with Gasteiger partial charge in [-0.1, -0.05) is 61.8 Å². The number of halogens is 1. The van der Waals surface area contributed by atoms with Crippen LogP contribution in [0.5, 0.6) is 0 Å². The highest BCUT2D eigenvalue weighted by Crippen LogP contribution is 2.28. The van der Waals surface area contributed by atoms with E-state index in [4.69, 9.17) is 11.6 Å². The third-order valence-corrected chi connectivity index (χ3v) is 7.59. The Labute approximate surface area is 214 Å². The third kappa shape index (κ3) is 7.97. The highest BCUT2D eigenvalue weighted by atomic mass is 35.5. The van der Waals surface area contributed by atoms with Gasteiger partial charge in [-0.15, -0.1) is 0 Å². The number of hydrogen-bond donors (Lipinski definition) is 1. The van der Waals surface area contributed by atoms with Crippen LogP contribution >= 0.6 is 11.6 Å². The fourth-order valence-electron chi connectivity index (χ4n) is 3.80. The quantitative estimate of drug-likeness (QED) is 0.454. The van der Waals surface area contributed by atoms with E-state index in [0.717, 1.165) is 22.5 Å². The van der Waals surface area contributed by atoms with Gasteiger partial charge >= 0.3 is 0 Å².